The van der Waals surface area contributed by atoms with Crippen LogP contribution < -0.4 is 5.73 Å². The van der Waals surface area contributed by atoms with Crippen LogP contribution in [0.1, 0.15) is 22.3 Å². The molecule has 0 unspecified atom stereocenters. The summed E-state index contributed by atoms with van der Waals surface area (Å²) in [7, 11) is 0. The fraction of sp³-hybridized carbons (Fsp3) is 0.300. The van der Waals surface area contributed by atoms with Crippen LogP contribution in [0.4, 0.5) is 4.39 Å². The van der Waals surface area contributed by atoms with Crippen LogP contribution in [0.3, 0.4) is 0 Å². The number of hydrogen-bond donors (Lipinski definition) is 1. The molecule has 0 fully saturated rings. The summed E-state index contributed by atoms with van der Waals surface area (Å²) >= 11 is 0. The Bertz CT molecular complexity index is 302. The molecule has 0 radical (unpaired) electrons. The zero-order chi connectivity index (χ0) is 9.84. The molecule has 0 heterocycles. The van der Waals surface area contributed by atoms with Gasteiger partial charge in [0.05, 0.1) is 5.56 Å². The molecule has 1 aromatic carbocycles. The van der Waals surface area contributed by atoms with E-state index in [1.807, 2.05) is 0 Å². The molecule has 0 aliphatic rings. The van der Waals surface area contributed by atoms with Gasteiger partial charge in [0, 0.05) is 6.42 Å². The number of rotatable bonds is 3. The van der Waals surface area contributed by atoms with Crippen molar-refractivity contribution in [1.82, 2.24) is 0 Å². The lowest BCUT2D eigenvalue weighted by Crippen LogP contribution is -2.11. The van der Waals surface area contributed by atoms with Crippen molar-refractivity contribution in [2.75, 3.05) is 6.54 Å². The number of carbonyl (C=O) groups excluding carboxylic acids is 1. The van der Waals surface area contributed by atoms with Gasteiger partial charge in [-0.15, -0.1) is 0 Å². The average molecular weight is 181 g/mol. The quantitative estimate of drug-likeness (QED) is 0.721. The van der Waals surface area contributed by atoms with Gasteiger partial charge < -0.3 is 5.73 Å². The first-order valence-electron chi connectivity index (χ1n) is 4.15. The Labute approximate surface area is 76.6 Å². The molecule has 2 N–H and O–H groups in total. The number of Topliss-reactive ketones (excluding diaryl/α,β-unsaturated/α-hetero) is 1. The fourth-order valence-electron chi connectivity index (χ4n) is 1.24. The maximum atomic E-state index is 13.2. The van der Waals surface area contributed by atoms with E-state index >= 15 is 0 Å². The van der Waals surface area contributed by atoms with Crippen LogP contribution in [0.25, 0.3) is 0 Å². The molecule has 70 valence electrons. The molecule has 13 heavy (non-hydrogen) atoms. The molecular weight excluding hydrogens is 169 g/mol. The molecule has 0 spiro atoms. The maximum absolute atomic E-state index is 13.2. The van der Waals surface area contributed by atoms with Crippen LogP contribution in [-0.4, -0.2) is 12.3 Å². The van der Waals surface area contributed by atoms with Gasteiger partial charge in [0.15, 0.2) is 5.78 Å². The van der Waals surface area contributed by atoms with Crippen molar-refractivity contribution in [2.24, 2.45) is 5.73 Å². The molecule has 1 aromatic rings. The van der Waals surface area contributed by atoms with Gasteiger partial charge >= 0.3 is 0 Å². The molecule has 0 bridgehead atoms. The third-order valence-corrected chi connectivity index (χ3v) is 1.87. The van der Waals surface area contributed by atoms with E-state index in [0.29, 0.717) is 5.56 Å². The molecule has 0 aliphatic heterocycles. The van der Waals surface area contributed by atoms with Crippen molar-refractivity contribution >= 4 is 5.78 Å². The van der Waals surface area contributed by atoms with Gasteiger partial charge in [0.2, 0.25) is 0 Å². The van der Waals surface area contributed by atoms with Gasteiger partial charge in [-0.3, -0.25) is 4.79 Å². The molecule has 0 saturated carbocycles. The van der Waals surface area contributed by atoms with E-state index < -0.39 is 5.82 Å². The summed E-state index contributed by atoms with van der Waals surface area (Å²) in [6.45, 7) is 1.97. The summed E-state index contributed by atoms with van der Waals surface area (Å²) in [5, 5.41) is 0. The molecule has 0 aliphatic carbocycles. The lowest BCUT2D eigenvalue weighted by atomic mass is 10.0. The number of ketones is 1. The normalized spacial score (nSPS) is 10.1. The largest absolute Gasteiger partial charge is 0.330 e. The molecule has 0 saturated heterocycles. The minimum Gasteiger partial charge on any atom is -0.330 e. The molecule has 1 rings (SSSR count). The van der Waals surface area contributed by atoms with Crippen molar-refractivity contribution in [3.63, 3.8) is 0 Å². The maximum Gasteiger partial charge on any atom is 0.167 e. The zero-order valence-corrected chi connectivity index (χ0v) is 7.51. The highest BCUT2D eigenvalue weighted by Gasteiger charge is 2.12. The molecule has 0 aromatic heterocycles. The van der Waals surface area contributed by atoms with Crippen molar-refractivity contribution in [3.05, 3.63) is 35.1 Å². The summed E-state index contributed by atoms with van der Waals surface area (Å²) in [5.74, 6) is -0.684. The third-order valence-electron chi connectivity index (χ3n) is 1.87. The standard InChI is InChI=1S/C10H12FNO/c1-7-3-2-4-8(11)10(7)9(13)5-6-12/h2-4H,5-6,12H2,1H3. The highest BCUT2D eigenvalue weighted by molar-refractivity contribution is 5.97. The highest BCUT2D eigenvalue weighted by Crippen LogP contribution is 2.14. The summed E-state index contributed by atoms with van der Waals surface area (Å²) in [5.41, 5.74) is 6.06. The summed E-state index contributed by atoms with van der Waals surface area (Å²) in [6, 6.07) is 4.59. The average Bonchev–Trinajstić information content (AvgIpc) is 2.04. The molecule has 0 atom stereocenters. The van der Waals surface area contributed by atoms with Crippen molar-refractivity contribution in [2.45, 2.75) is 13.3 Å². The van der Waals surface area contributed by atoms with Gasteiger partial charge in [-0.1, -0.05) is 12.1 Å². The molecule has 3 heteroatoms. The Morgan fingerprint density at radius 3 is 2.77 bits per heavy atom. The smallest absolute Gasteiger partial charge is 0.167 e. The van der Waals surface area contributed by atoms with Gasteiger partial charge in [0.25, 0.3) is 0 Å². The lowest BCUT2D eigenvalue weighted by Gasteiger charge is -2.04. The number of carbonyl (C=O) groups is 1. The Morgan fingerprint density at radius 2 is 2.23 bits per heavy atom. The first kappa shape index (κ1) is 9.86. The zero-order valence-electron chi connectivity index (χ0n) is 7.51. The predicted octanol–water partition coefficient (Wildman–Crippen LogP) is 1.67. The lowest BCUT2D eigenvalue weighted by molar-refractivity contribution is 0.0981. The van der Waals surface area contributed by atoms with E-state index in [2.05, 4.69) is 0 Å². The Kier molecular flexibility index (Phi) is 3.14. The van der Waals surface area contributed by atoms with Crippen LogP contribution in [0.15, 0.2) is 18.2 Å². The minimum atomic E-state index is -0.460. The number of benzene rings is 1. The SMILES string of the molecule is Cc1cccc(F)c1C(=O)CCN. The number of aryl methyl sites for hydroxylation is 1. The van der Waals surface area contributed by atoms with Gasteiger partial charge in [0.1, 0.15) is 5.82 Å². The highest BCUT2D eigenvalue weighted by atomic mass is 19.1. The van der Waals surface area contributed by atoms with Crippen molar-refractivity contribution in [1.29, 1.82) is 0 Å². The van der Waals surface area contributed by atoms with Gasteiger partial charge in [-0.2, -0.15) is 0 Å². The fourth-order valence-corrected chi connectivity index (χ4v) is 1.24. The van der Waals surface area contributed by atoms with Crippen molar-refractivity contribution in [3.8, 4) is 0 Å². The second-order valence-electron chi connectivity index (χ2n) is 2.89. The monoisotopic (exact) mass is 181 g/mol. The number of halogens is 1. The number of hydrogen-bond acceptors (Lipinski definition) is 2. The minimum absolute atomic E-state index is 0.174. The van der Waals surface area contributed by atoms with Crippen LogP contribution >= 0.6 is 0 Å². The van der Waals surface area contributed by atoms with E-state index in [1.54, 1.807) is 19.1 Å². The van der Waals surface area contributed by atoms with Crippen LogP contribution in [0, 0.1) is 12.7 Å². The summed E-state index contributed by atoms with van der Waals surface area (Å²) in [6.07, 6.45) is 0.196. The van der Waals surface area contributed by atoms with E-state index in [4.69, 9.17) is 5.73 Å². The predicted molar refractivity (Wildman–Crippen MR) is 49.1 cm³/mol. The third kappa shape index (κ3) is 2.12. The van der Waals surface area contributed by atoms with E-state index in [-0.39, 0.29) is 24.3 Å². The molecule has 0 amide bonds. The van der Waals surface area contributed by atoms with Gasteiger partial charge in [-0.25, -0.2) is 4.39 Å². The van der Waals surface area contributed by atoms with Crippen LogP contribution in [0.5, 0.6) is 0 Å². The Morgan fingerprint density at radius 1 is 1.54 bits per heavy atom. The van der Waals surface area contributed by atoms with Gasteiger partial charge in [-0.05, 0) is 25.1 Å². The first-order chi connectivity index (χ1) is 6.16. The topological polar surface area (TPSA) is 43.1 Å². The van der Waals surface area contributed by atoms with E-state index in [9.17, 15) is 9.18 Å². The Hall–Kier alpha value is -1.22. The van der Waals surface area contributed by atoms with E-state index in [1.165, 1.54) is 6.07 Å². The summed E-state index contributed by atoms with van der Waals surface area (Å²) in [4.78, 5) is 11.4. The molecular formula is C10H12FNO. The summed E-state index contributed by atoms with van der Waals surface area (Å²) < 4.78 is 13.2. The number of nitrogens with two attached hydrogens (primary N) is 1. The van der Waals surface area contributed by atoms with E-state index in [0.717, 1.165) is 0 Å². The second kappa shape index (κ2) is 4.14. The first-order valence-corrected chi connectivity index (χ1v) is 4.15. The van der Waals surface area contributed by atoms with Crippen LogP contribution in [0.2, 0.25) is 0 Å². The molecule has 2 nitrogen and oxygen atoms in total. The van der Waals surface area contributed by atoms with Crippen LogP contribution in [-0.2, 0) is 0 Å². The second-order valence-corrected chi connectivity index (χ2v) is 2.89. The Balaban J connectivity index is 3.05. The van der Waals surface area contributed by atoms with Crippen molar-refractivity contribution < 1.29 is 9.18 Å².